The summed E-state index contributed by atoms with van der Waals surface area (Å²) in [5.74, 6) is -1.38. The number of piperazine rings is 1. The summed E-state index contributed by atoms with van der Waals surface area (Å²) in [7, 11) is 1.70. The molecule has 0 spiro atoms. The van der Waals surface area contributed by atoms with Gasteiger partial charge in [-0.2, -0.15) is 0 Å². The Kier molecular flexibility index (Phi) is 7.55. The van der Waals surface area contributed by atoms with Crippen molar-refractivity contribution in [2.75, 3.05) is 46.4 Å². The molecule has 4 nitrogen and oxygen atoms in total. The minimum atomic E-state index is -1.15. The molecule has 24 heavy (non-hydrogen) atoms. The summed E-state index contributed by atoms with van der Waals surface area (Å²) in [4.78, 5) is 4.50. The van der Waals surface area contributed by atoms with Gasteiger partial charge in [0.05, 0.1) is 18.3 Å². The van der Waals surface area contributed by atoms with Crippen LogP contribution in [0.25, 0.3) is 0 Å². The molecule has 136 valence electrons. The first kappa shape index (κ1) is 19.2. The van der Waals surface area contributed by atoms with Crippen LogP contribution >= 0.6 is 0 Å². The topological polar surface area (TPSA) is 35.9 Å². The van der Waals surface area contributed by atoms with E-state index in [0.717, 1.165) is 39.0 Å². The Morgan fingerprint density at radius 2 is 2.00 bits per heavy atom. The summed E-state index contributed by atoms with van der Waals surface area (Å²) in [6.07, 6.45) is 0.982. The highest BCUT2D eigenvalue weighted by Crippen LogP contribution is 2.23. The van der Waals surface area contributed by atoms with Gasteiger partial charge in [0.1, 0.15) is 11.6 Å². The minimum absolute atomic E-state index is 0.230. The molecular weight excluding hydrogens is 314 g/mol. The molecule has 0 bridgehead atoms. The molecule has 1 fully saturated rings. The van der Waals surface area contributed by atoms with E-state index in [1.54, 1.807) is 7.11 Å². The first-order chi connectivity index (χ1) is 11.6. The number of rotatable bonds is 8. The van der Waals surface area contributed by atoms with Gasteiger partial charge in [-0.25, -0.2) is 8.78 Å². The number of ether oxygens (including phenoxy) is 1. The van der Waals surface area contributed by atoms with Crippen molar-refractivity contribution in [2.24, 2.45) is 0 Å². The van der Waals surface area contributed by atoms with Crippen molar-refractivity contribution in [3.05, 3.63) is 35.4 Å². The van der Waals surface area contributed by atoms with Crippen LogP contribution in [0, 0.1) is 11.6 Å². The van der Waals surface area contributed by atoms with Crippen LogP contribution in [0.3, 0.4) is 0 Å². The zero-order valence-electron chi connectivity index (χ0n) is 14.5. The van der Waals surface area contributed by atoms with Gasteiger partial charge in [0.15, 0.2) is 0 Å². The lowest BCUT2D eigenvalue weighted by atomic mass is 10.0. The Labute approximate surface area is 143 Å². The summed E-state index contributed by atoms with van der Waals surface area (Å²) in [6.45, 7) is 6.43. The summed E-state index contributed by atoms with van der Waals surface area (Å²) in [5, 5.41) is 10.3. The molecule has 0 saturated carbocycles. The maximum absolute atomic E-state index is 13.8. The van der Waals surface area contributed by atoms with Gasteiger partial charge in [-0.15, -0.1) is 0 Å². The second-order valence-corrected chi connectivity index (χ2v) is 6.38. The van der Waals surface area contributed by atoms with Crippen molar-refractivity contribution in [3.8, 4) is 0 Å². The molecule has 1 aliphatic heterocycles. The monoisotopic (exact) mass is 342 g/mol. The van der Waals surface area contributed by atoms with Gasteiger partial charge in [0.25, 0.3) is 0 Å². The van der Waals surface area contributed by atoms with Crippen LogP contribution in [0.2, 0.25) is 0 Å². The normalized spacial score (nSPS) is 21.1. The highest BCUT2D eigenvalue weighted by Gasteiger charge is 2.28. The van der Waals surface area contributed by atoms with Crippen LogP contribution in [0.15, 0.2) is 18.2 Å². The summed E-state index contributed by atoms with van der Waals surface area (Å²) in [5.41, 5.74) is -0.230. The van der Waals surface area contributed by atoms with E-state index in [9.17, 15) is 13.9 Å². The van der Waals surface area contributed by atoms with Gasteiger partial charge in [0.2, 0.25) is 0 Å². The lowest BCUT2D eigenvalue weighted by molar-refractivity contribution is 0.0228. The first-order valence-corrected chi connectivity index (χ1v) is 8.64. The highest BCUT2D eigenvalue weighted by molar-refractivity contribution is 5.22. The smallest absolute Gasteiger partial charge is 0.131 e. The van der Waals surface area contributed by atoms with Gasteiger partial charge in [-0.1, -0.05) is 19.4 Å². The quantitative estimate of drug-likeness (QED) is 0.787. The van der Waals surface area contributed by atoms with Crippen molar-refractivity contribution in [2.45, 2.75) is 31.9 Å². The molecule has 1 N–H and O–H groups in total. The van der Waals surface area contributed by atoms with Gasteiger partial charge < -0.3 is 9.84 Å². The number of hydrogen-bond donors (Lipinski definition) is 1. The zero-order chi connectivity index (χ0) is 17.5. The molecule has 6 heteroatoms. The Hall–Kier alpha value is -1.08. The molecule has 2 rings (SSSR count). The lowest BCUT2D eigenvalue weighted by Crippen LogP contribution is -2.54. The molecule has 0 amide bonds. The molecule has 1 aromatic rings. The van der Waals surface area contributed by atoms with E-state index in [4.69, 9.17) is 4.74 Å². The fourth-order valence-corrected chi connectivity index (χ4v) is 3.40. The van der Waals surface area contributed by atoms with E-state index >= 15 is 0 Å². The van der Waals surface area contributed by atoms with Crippen LogP contribution in [0.1, 0.15) is 31.4 Å². The average Bonchev–Trinajstić information content (AvgIpc) is 2.54. The second-order valence-electron chi connectivity index (χ2n) is 6.38. The number of methoxy groups -OCH3 is 1. The van der Waals surface area contributed by atoms with Crippen LogP contribution in [-0.4, -0.2) is 67.4 Å². The Morgan fingerprint density at radius 1 is 1.29 bits per heavy atom. The predicted octanol–water partition coefficient (Wildman–Crippen LogP) is 2.43. The van der Waals surface area contributed by atoms with Gasteiger partial charge in [-0.05, 0) is 18.6 Å². The van der Waals surface area contributed by atoms with Crippen LogP contribution < -0.4 is 0 Å². The van der Waals surface area contributed by atoms with Crippen molar-refractivity contribution in [3.63, 3.8) is 0 Å². The molecule has 1 heterocycles. The SMILES string of the molecule is CCCC1CN(CC(O)c2c(F)cccc2F)CCN1CCOC. The number of nitrogens with zero attached hydrogens (tertiary/aromatic N) is 2. The van der Waals surface area contributed by atoms with Crippen LogP contribution in [0.5, 0.6) is 0 Å². The Morgan fingerprint density at radius 3 is 2.62 bits per heavy atom. The maximum atomic E-state index is 13.8. The average molecular weight is 342 g/mol. The largest absolute Gasteiger partial charge is 0.387 e. The molecule has 1 aromatic carbocycles. The van der Waals surface area contributed by atoms with Crippen LogP contribution in [0.4, 0.5) is 8.78 Å². The fraction of sp³-hybridized carbons (Fsp3) is 0.667. The Bertz CT molecular complexity index is 496. The number of halogens is 2. The fourth-order valence-electron chi connectivity index (χ4n) is 3.40. The molecule has 0 radical (unpaired) electrons. The first-order valence-electron chi connectivity index (χ1n) is 8.64. The predicted molar refractivity (Wildman–Crippen MR) is 89.9 cm³/mol. The molecule has 2 atom stereocenters. The lowest BCUT2D eigenvalue weighted by Gasteiger charge is -2.42. The van der Waals surface area contributed by atoms with Gasteiger partial charge in [-0.3, -0.25) is 9.80 Å². The number of β-amino-alcohol motifs (C(OH)–C–C–N with tert-alkyl or cyclic N) is 1. The molecule has 1 aliphatic rings. The van der Waals surface area contributed by atoms with Crippen molar-refractivity contribution < 1.29 is 18.6 Å². The van der Waals surface area contributed by atoms with Gasteiger partial charge in [0, 0.05) is 45.9 Å². The number of benzene rings is 1. The van der Waals surface area contributed by atoms with Crippen molar-refractivity contribution in [1.82, 2.24) is 9.80 Å². The number of aliphatic hydroxyl groups excluding tert-OH is 1. The molecule has 1 saturated heterocycles. The molecule has 2 unspecified atom stereocenters. The third kappa shape index (κ3) is 4.96. The Balaban J connectivity index is 1.98. The highest BCUT2D eigenvalue weighted by atomic mass is 19.1. The van der Waals surface area contributed by atoms with Crippen molar-refractivity contribution >= 4 is 0 Å². The third-order valence-corrected chi connectivity index (χ3v) is 4.66. The summed E-state index contributed by atoms with van der Waals surface area (Å²) < 4.78 is 32.8. The zero-order valence-corrected chi connectivity index (χ0v) is 14.5. The van der Waals surface area contributed by atoms with E-state index in [1.807, 2.05) is 0 Å². The third-order valence-electron chi connectivity index (χ3n) is 4.66. The second kappa shape index (κ2) is 9.42. The van der Waals surface area contributed by atoms with E-state index in [1.165, 1.54) is 18.2 Å². The van der Waals surface area contributed by atoms with E-state index in [-0.39, 0.29) is 12.1 Å². The van der Waals surface area contributed by atoms with Crippen molar-refractivity contribution in [1.29, 1.82) is 0 Å². The minimum Gasteiger partial charge on any atom is -0.387 e. The van der Waals surface area contributed by atoms with E-state index in [0.29, 0.717) is 12.6 Å². The van der Waals surface area contributed by atoms with E-state index < -0.39 is 17.7 Å². The molecule has 0 aromatic heterocycles. The van der Waals surface area contributed by atoms with Gasteiger partial charge >= 0.3 is 0 Å². The van der Waals surface area contributed by atoms with Crippen LogP contribution in [-0.2, 0) is 4.74 Å². The number of aliphatic hydroxyl groups is 1. The standard InChI is InChI=1S/C18H28F2N2O2/c1-3-5-14-12-21(8-9-22(14)10-11-24-2)13-17(23)18-15(19)6-4-7-16(18)20/h4,6-7,14,17,23H,3,5,8-13H2,1-2H3. The van der Waals surface area contributed by atoms with E-state index in [2.05, 4.69) is 16.7 Å². The summed E-state index contributed by atoms with van der Waals surface area (Å²) in [6, 6.07) is 4.07. The molecule has 0 aliphatic carbocycles. The summed E-state index contributed by atoms with van der Waals surface area (Å²) >= 11 is 0. The number of hydrogen-bond acceptors (Lipinski definition) is 4. The molecular formula is C18H28F2N2O2. The maximum Gasteiger partial charge on any atom is 0.131 e.